The number of carbonyl (C=O) groups is 1. The Morgan fingerprint density at radius 1 is 1.28 bits per heavy atom. The zero-order chi connectivity index (χ0) is 13.5. The molecule has 0 radical (unpaired) electrons. The molecule has 2 unspecified atom stereocenters. The van der Waals surface area contributed by atoms with E-state index in [1.807, 2.05) is 13.8 Å². The van der Waals surface area contributed by atoms with E-state index >= 15 is 0 Å². The van der Waals surface area contributed by atoms with Crippen LogP contribution in [0.4, 0.5) is 4.39 Å². The van der Waals surface area contributed by atoms with E-state index in [9.17, 15) is 9.18 Å². The molecule has 1 aromatic carbocycles. The fourth-order valence-corrected chi connectivity index (χ4v) is 1.49. The second kappa shape index (κ2) is 6.99. The number of hydrogen-bond acceptors (Lipinski definition) is 3. The van der Waals surface area contributed by atoms with Crippen LogP contribution in [0.5, 0.6) is 5.75 Å². The molecule has 18 heavy (non-hydrogen) atoms. The minimum absolute atomic E-state index is 0.0362. The second-order valence-electron chi connectivity index (χ2n) is 4.26. The van der Waals surface area contributed by atoms with Crippen LogP contribution in [0.2, 0.25) is 0 Å². The summed E-state index contributed by atoms with van der Waals surface area (Å²) in [6, 6.07) is 5.84. The fourth-order valence-electron chi connectivity index (χ4n) is 1.49. The van der Waals surface area contributed by atoms with Gasteiger partial charge in [0.2, 0.25) is 0 Å². The van der Waals surface area contributed by atoms with E-state index in [4.69, 9.17) is 9.47 Å². The van der Waals surface area contributed by atoms with Crippen molar-refractivity contribution < 1.29 is 18.7 Å². The first-order chi connectivity index (χ1) is 8.52. The van der Waals surface area contributed by atoms with Crippen molar-refractivity contribution in [3.05, 3.63) is 30.1 Å². The molecule has 0 saturated carbocycles. The molecular formula is C14H19FO3. The maximum Gasteiger partial charge on any atom is 0.306 e. The van der Waals surface area contributed by atoms with E-state index in [-0.39, 0.29) is 23.8 Å². The summed E-state index contributed by atoms with van der Waals surface area (Å²) in [7, 11) is 0. The highest BCUT2D eigenvalue weighted by molar-refractivity contribution is 5.69. The van der Waals surface area contributed by atoms with Crippen molar-refractivity contribution in [3.63, 3.8) is 0 Å². The summed E-state index contributed by atoms with van der Waals surface area (Å²) in [6.07, 6.45) is 0.177. The van der Waals surface area contributed by atoms with Gasteiger partial charge in [-0.05, 0) is 38.1 Å². The first kappa shape index (κ1) is 14.5. The second-order valence-corrected chi connectivity index (χ2v) is 4.26. The molecule has 0 aliphatic heterocycles. The van der Waals surface area contributed by atoms with Gasteiger partial charge in [0.15, 0.2) is 0 Å². The molecule has 0 saturated heterocycles. The van der Waals surface area contributed by atoms with Crippen molar-refractivity contribution in [1.29, 1.82) is 0 Å². The van der Waals surface area contributed by atoms with Crippen LogP contribution in [0.15, 0.2) is 24.3 Å². The molecule has 0 aromatic heterocycles. The zero-order valence-corrected chi connectivity index (χ0v) is 11.0. The van der Waals surface area contributed by atoms with Gasteiger partial charge < -0.3 is 9.47 Å². The van der Waals surface area contributed by atoms with Crippen molar-refractivity contribution in [3.8, 4) is 5.75 Å². The molecule has 0 aliphatic carbocycles. The van der Waals surface area contributed by atoms with Gasteiger partial charge in [-0.15, -0.1) is 0 Å². The molecule has 4 heteroatoms. The van der Waals surface area contributed by atoms with Crippen LogP contribution in [-0.4, -0.2) is 18.7 Å². The Hall–Kier alpha value is -1.58. The number of esters is 1. The van der Waals surface area contributed by atoms with Crippen molar-refractivity contribution in [2.75, 3.05) is 6.61 Å². The third-order valence-corrected chi connectivity index (χ3v) is 2.73. The molecule has 0 bridgehead atoms. The van der Waals surface area contributed by atoms with Gasteiger partial charge in [-0.3, -0.25) is 4.79 Å². The largest absolute Gasteiger partial charge is 0.490 e. The maximum atomic E-state index is 12.7. The first-order valence-electron chi connectivity index (χ1n) is 6.10. The van der Waals surface area contributed by atoms with Crippen LogP contribution in [0, 0.1) is 11.7 Å². The monoisotopic (exact) mass is 254 g/mol. The van der Waals surface area contributed by atoms with Crippen LogP contribution in [-0.2, 0) is 9.53 Å². The van der Waals surface area contributed by atoms with Gasteiger partial charge >= 0.3 is 5.97 Å². The van der Waals surface area contributed by atoms with E-state index in [0.29, 0.717) is 18.8 Å². The molecule has 100 valence electrons. The Bertz CT molecular complexity index is 375. The van der Waals surface area contributed by atoms with Crippen LogP contribution in [0.3, 0.4) is 0 Å². The number of ether oxygens (including phenoxy) is 2. The zero-order valence-electron chi connectivity index (χ0n) is 11.0. The van der Waals surface area contributed by atoms with Gasteiger partial charge in [0, 0.05) is 5.92 Å². The molecular weight excluding hydrogens is 235 g/mol. The molecule has 0 aliphatic rings. The summed E-state index contributed by atoms with van der Waals surface area (Å²) < 4.78 is 23.2. The average Bonchev–Trinajstić information content (AvgIpc) is 2.32. The van der Waals surface area contributed by atoms with Crippen molar-refractivity contribution in [2.24, 2.45) is 5.92 Å². The number of carbonyl (C=O) groups excluding carboxylic acids is 1. The number of benzene rings is 1. The number of halogens is 1. The highest BCUT2D eigenvalue weighted by Crippen LogP contribution is 2.18. The lowest BCUT2D eigenvalue weighted by Crippen LogP contribution is -2.24. The SMILES string of the molecule is CCOC(=O)CC(C)C(C)Oc1ccc(F)cc1. The molecule has 3 nitrogen and oxygen atoms in total. The van der Waals surface area contributed by atoms with E-state index in [0.717, 1.165) is 0 Å². The van der Waals surface area contributed by atoms with Gasteiger partial charge in [-0.1, -0.05) is 6.92 Å². The smallest absolute Gasteiger partial charge is 0.306 e. The lowest BCUT2D eigenvalue weighted by atomic mass is 10.0. The van der Waals surface area contributed by atoms with Crippen molar-refractivity contribution in [1.82, 2.24) is 0 Å². The van der Waals surface area contributed by atoms with E-state index in [1.165, 1.54) is 12.1 Å². The average molecular weight is 254 g/mol. The molecule has 0 amide bonds. The Kier molecular flexibility index (Phi) is 5.62. The van der Waals surface area contributed by atoms with Crippen LogP contribution < -0.4 is 4.74 Å². The third kappa shape index (κ3) is 4.73. The Morgan fingerprint density at radius 2 is 1.89 bits per heavy atom. The minimum Gasteiger partial charge on any atom is -0.490 e. The van der Waals surface area contributed by atoms with Crippen LogP contribution in [0.25, 0.3) is 0 Å². The molecule has 0 spiro atoms. The quantitative estimate of drug-likeness (QED) is 0.731. The summed E-state index contributed by atoms with van der Waals surface area (Å²) in [5.74, 6) is 0.114. The predicted octanol–water partition coefficient (Wildman–Crippen LogP) is 3.18. The first-order valence-corrected chi connectivity index (χ1v) is 6.10. The Labute approximate surface area is 107 Å². The summed E-state index contributed by atoms with van der Waals surface area (Å²) >= 11 is 0. The molecule has 2 atom stereocenters. The lowest BCUT2D eigenvalue weighted by Gasteiger charge is -2.20. The van der Waals surface area contributed by atoms with Gasteiger partial charge in [-0.25, -0.2) is 4.39 Å². The van der Waals surface area contributed by atoms with Gasteiger partial charge in [0.25, 0.3) is 0 Å². The highest BCUT2D eigenvalue weighted by Gasteiger charge is 2.18. The van der Waals surface area contributed by atoms with Gasteiger partial charge in [0.05, 0.1) is 19.1 Å². The van der Waals surface area contributed by atoms with Gasteiger partial charge in [0.1, 0.15) is 11.6 Å². The molecule has 1 aromatic rings. The topological polar surface area (TPSA) is 35.5 Å². The van der Waals surface area contributed by atoms with Crippen LogP contribution >= 0.6 is 0 Å². The fraction of sp³-hybridized carbons (Fsp3) is 0.500. The van der Waals surface area contributed by atoms with Gasteiger partial charge in [-0.2, -0.15) is 0 Å². The summed E-state index contributed by atoms with van der Waals surface area (Å²) in [5, 5.41) is 0. The predicted molar refractivity (Wildman–Crippen MR) is 66.9 cm³/mol. The Balaban J connectivity index is 2.46. The van der Waals surface area contributed by atoms with Crippen LogP contribution in [0.1, 0.15) is 27.2 Å². The third-order valence-electron chi connectivity index (χ3n) is 2.73. The van der Waals surface area contributed by atoms with E-state index in [1.54, 1.807) is 19.1 Å². The minimum atomic E-state index is -0.297. The van der Waals surface area contributed by atoms with E-state index < -0.39 is 0 Å². The summed E-state index contributed by atoms with van der Waals surface area (Å²) in [5.41, 5.74) is 0. The standard InChI is InChI=1S/C14H19FO3/c1-4-17-14(16)9-10(2)11(3)18-13-7-5-12(15)6-8-13/h5-8,10-11H,4,9H2,1-3H3. The molecule has 0 N–H and O–H groups in total. The number of rotatable bonds is 6. The normalized spacial score (nSPS) is 13.8. The lowest BCUT2D eigenvalue weighted by molar-refractivity contribution is -0.144. The Morgan fingerprint density at radius 3 is 2.44 bits per heavy atom. The highest BCUT2D eigenvalue weighted by atomic mass is 19.1. The van der Waals surface area contributed by atoms with Crippen molar-refractivity contribution >= 4 is 5.97 Å². The maximum absolute atomic E-state index is 12.7. The number of hydrogen-bond donors (Lipinski definition) is 0. The molecule has 1 rings (SSSR count). The summed E-state index contributed by atoms with van der Waals surface area (Å²) in [4.78, 5) is 11.3. The summed E-state index contributed by atoms with van der Waals surface area (Å²) in [6.45, 7) is 5.97. The van der Waals surface area contributed by atoms with Crippen molar-refractivity contribution in [2.45, 2.75) is 33.3 Å². The van der Waals surface area contributed by atoms with E-state index in [2.05, 4.69) is 0 Å². The molecule has 0 heterocycles. The molecule has 0 fully saturated rings.